The zero-order chi connectivity index (χ0) is 18.8. The van der Waals surface area contributed by atoms with Gasteiger partial charge in [-0.15, -0.1) is 6.58 Å². The lowest BCUT2D eigenvalue weighted by Gasteiger charge is -2.10. The number of nitro benzene ring substituents is 1. The van der Waals surface area contributed by atoms with Crippen LogP contribution in [0.2, 0.25) is 5.02 Å². The number of carbonyl (C=O) groups is 1. The van der Waals surface area contributed by atoms with E-state index in [9.17, 15) is 14.9 Å². The maximum Gasteiger partial charge on any atom is 0.270 e. The molecule has 1 amide bonds. The van der Waals surface area contributed by atoms with Crippen LogP contribution in [0.15, 0.2) is 52.3 Å². The molecule has 6 nitrogen and oxygen atoms in total. The lowest BCUT2D eigenvalue weighted by molar-refractivity contribution is -0.384. The van der Waals surface area contributed by atoms with E-state index in [0.29, 0.717) is 37.9 Å². The highest BCUT2D eigenvalue weighted by Gasteiger charge is 2.31. The minimum Gasteiger partial charge on any atom is -0.457 e. The highest BCUT2D eigenvalue weighted by Crippen LogP contribution is 2.35. The summed E-state index contributed by atoms with van der Waals surface area (Å²) in [4.78, 5) is 24.6. The average molecular weight is 407 g/mol. The van der Waals surface area contributed by atoms with Gasteiger partial charge in [0, 0.05) is 30.3 Å². The van der Waals surface area contributed by atoms with Crippen molar-refractivity contribution in [2.75, 3.05) is 6.54 Å². The smallest absolute Gasteiger partial charge is 0.270 e. The fourth-order valence-corrected chi connectivity index (χ4v) is 3.77. The van der Waals surface area contributed by atoms with Crippen molar-refractivity contribution in [2.45, 2.75) is 0 Å². The second kappa shape index (κ2) is 7.45. The number of thioether (sulfide) groups is 1. The highest BCUT2D eigenvalue weighted by molar-refractivity contribution is 8.26. The van der Waals surface area contributed by atoms with Crippen molar-refractivity contribution in [1.82, 2.24) is 4.90 Å². The third kappa shape index (κ3) is 3.57. The molecule has 0 aliphatic carbocycles. The number of non-ortho nitro benzene ring substituents is 1. The van der Waals surface area contributed by atoms with Crippen molar-refractivity contribution in [3.05, 3.63) is 68.8 Å². The molecule has 1 aromatic carbocycles. The maximum atomic E-state index is 12.3. The van der Waals surface area contributed by atoms with Crippen LogP contribution in [0.25, 0.3) is 17.4 Å². The summed E-state index contributed by atoms with van der Waals surface area (Å²) in [5, 5.41) is 11.3. The summed E-state index contributed by atoms with van der Waals surface area (Å²) < 4.78 is 6.15. The van der Waals surface area contributed by atoms with Gasteiger partial charge in [-0.25, -0.2) is 0 Å². The van der Waals surface area contributed by atoms with Gasteiger partial charge in [-0.3, -0.25) is 19.8 Å². The van der Waals surface area contributed by atoms with Gasteiger partial charge in [0.2, 0.25) is 0 Å². The fraction of sp³-hybridized carbons (Fsp3) is 0.0588. The molecule has 0 unspecified atom stereocenters. The van der Waals surface area contributed by atoms with Crippen LogP contribution in [0.5, 0.6) is 0 Å². The van der Waals surface area contributed by atoms with Gasteiger partial charge in [0.15, 0.2) is 0 Å². The van der Waals surface area contributed by atoms with Gasteiger partial charge in [0.1, 0.15) is 15.8 Å². The number of amides is 1. The lowest BCUT2D eigenvalue weighted by atomic mass is 10.1. The number of rotatable bonds is 5. The Morgan fingerprint density at radius 2 is 2.15 bits per heavy atom. The molecule has 0 radical (unpaired) electrons. The van der Waals surface area contributed by atoms with Crippen molar-refractivity contribution in [1.29, 1.82) is 0 Å². The Kier molecular flexibility index (Phi) is 5.26. The molecule has 1 saturated heterocycles. The molecule has 1 aliphatic rings. The summed E-state index contributed by atoms with van der Waals surface area (Å²) in [6.07, 6.45) is 3.18. The molecule has 1 aromatic heterocycles. The van der Waals surface area contributed by atoms with E-state index < -0.39 is 4.92 Å². The first-order valence-electron chi connectivity index (χ1n) is 7.31. The predicted molar refractivity (Wildman–Crippen MR) is 106 cm³/mol. The molecule has 0 saturated carbocycles. The van der Waals surface area contributed by atoms with Crippen molar-refractivity contribution in [3.63, 3.8) is 0 Å². The Bertz CT molecular complexity index is 967. The van der Waals surface area contributed by atoms with E-state index in [1.165, 1.54) is 34.9 Å². The number of carbonyl (C=O) groups excluding carboxylic acids is 1. The Morgan fingerprint density at radius 1 is 1.38 bits per heavy atom. The first kappa shape index (κ1) is 18.4. The van der Waals surface area contributed by atoms with E-state index in [1.807, 2.05) is 0 Å². The molecule has 0 N–H and O–H groups in total. The van der Waals surface area contributed by atoms with Crippen LogP contribution in [0.1, 0.15) is 5.76 Å². The van der Waals surface area contributed by atoms with Crippen molar-refractivity contribution in [3.8, 4) is 11.3 Å². The van der Waals surface area contributed by atoms with Crippen LogP contribution in [-0.2, 0) is 4.79 Å². The number of nitro groups is 1. The normalized spacial score (nSPS) is 15.7. The van der Waals surface area contributed by atoms with Crippen LogP contribution in [0.4, 0.5) is 5.69 Å². The Labute approximate surface area is 163 Å². The molecule has 1 fully saturated rings. The molecular formula is C17H11ClN2O4S2. The van der Waals surface area contributed by atoms with Gasteiger partial charge < -0.3 is 4.42 Å². The number of halogens is 1. The molecule has 0 bridgehead atoms. The molecule has 26 heavy (non-hydrogen) atoms. The molecule has 1 aliphatic heterocycles. The van der Waals surface area contributed by atoms with Gasteiger partial charge in [0.05, 0.1) is 14.9 Å². The summed E-state index contributed by atoms with van der Waals surface area (Å²) in [6, 6.07) is 7.40. The largest absolute Gasteiger partial charge is 0.457 e. The zero-order valence-corrected chi connectivity index (χ0v) is 15.6. The van der Waals surface area contributed by atoms with Crippen LogP contribution >= 0.6 is 35.6 Å². The second-order valence-corrected chi connectivity index (χ2v) is 7.29. The SMILES string of the molecule is C=CCN1C(=O)C(=Cc2ccc(-c3cc([N+](=O)[O-])ccc3Cl)o2)SC1=S. The van der Waals surface area contributed by atoms with Gasteiger partial charge in [-0.2, -0.15) is 0 Å². The van der Waals surface area contributed by atoms with Crippen molar-refractivity contribution >= 4 is 57.6 Å². The van der Waals surface area contributed by atoms with Crippen LogP contribution in [-0.4, -0.2) is 26.6 Å². The fourth-order valence-electron chi connectivity index (χ4n) is 2.31. The number of hydrogen-bond donors (Lipinski definition) is 0. The molecule has 9 heteroatoms. The minimum absolute atomic E-state index is 0.0901. The Balaban J connectivity index is 1.91. The number of hydrogen-bond acceptors (Lipinski definition) is 6. The summed E-state index contributed by atoms with van der Waals surface area (Å²) in [7, 11) is 0. The number of furan rings is 1. The third-order valence-electron chi connectivity index (χ3n) is 3.51. The maximum absolute atomic E-state index is 12.3. The second-order valence-electron chi connectivity index (χ2n) is 5.20. The average Bonchev–Trinajstić information content (AvgIpc) is 3.16. The Morgan fingerprint density at radius 3 is 2.85 bits per heavy atom. The third-order valence-corrected chi connectivity index (χ3v) is 5.22. The molecule has 132 valence electrons. The van der Waals surface area contributed by atoms with E-state index in [-0.39, 0.29) is 11.6 Å². The molecule has 2 aromatic rings. The summed E-state index contributed by atoms with van der Waals surface area (Å²) in [5.74, 6) is 0.569. The van der Waals surface area contributed by atoms with Gasteiger partial charge >= 0.3 is 0 Å². The summed E-state index contributed by atoms with van der Waals surface area (Å²) in [6.45, 7) is 3.95. The topological polar surface area (TPSA) is 76.6 Å². The van der Waals surface area contributed by atoms with E-state index in [0.717, 1.165) is 0 Å². The van der Waals surface area contributed by atoms with E-state index >= 15 is 0 Å². The Hall–Kier alpha value is -2.42. The monoisotopic (exact) mass is 406 g/mol. The standard InChI is InChI=1S/C17H11ClN2O4S2/c1-2-7-19-16(21)15(26-17(19)25)9-11-4-6-14(24-11)12-8-10(20(22)23)3-5-13(12)18/h2-6,8-9H,1,7H2. The minimum atomic E-state index is -0.505. The van der Waals surface area contributed by atoms with E-state index in [2.05, 4.69) is 6.58 Å². The van der Waals surface area contributed by atoms with Crippen molar-refractivity contribution < 1.29 is 14.1 Å². The quantitative estimate of drug-likeness (QED) is 0.231. The predicted octanol–water partition coefficient (Wildman–Crippen LogP) is 4.90. The van der Waals surface area contributed by atoms with Crippen LogP contribution < -0.4 is 0 Å². The molecule has 3 rings (SSSR count). The summed E-state index contributed by atoms with van der Waals surface area (Å²) in [5.41, 5.74) is 0.312. The van der Waals surface area contributed by atoms with E-state index in [4.69, 9.17) is 28.2 Å². The molecular weight excluding hydrogens is 396 g/mol. The van der Waals surface area contributed by atoms with Gasteiger partial charge in [-0.05, 0) is 18.2 Å². The summed E-state index contributed by atoms with van der Waals surface area (Å²) >= 11 is 12.5. The number of thiocarbonyl (C=S) groups is 1. The zero-order valence-electron chi connectivity index (χ0n) is 13.2. The highest BCUT2D eigenvalue weighted by atomic mass is 35.5. The number of benzene rings is 1. The lowest BCUT2D eigenvalue weighted by Crippen LogP contribution is -2.27. The van der Waals surface area contributed by atoms with Gasteiger partial charge in [-0.1, -0.05) is 41.7 Å². The van der Waals surface area contributed by atoms with Crippen LogP contribution in [0.3, 0.4) is 0 Å². The van der Waals surface area contributed by atoms with Crippen molar-refractivity contribution in [2.24, 2.45) is 0 Å². The van der Waals surface area contributed by atoms with Gasteiger partial charge in [0.25, 0.3) is 11.6 Å². The first-order valence-corrected chi connectivity index (χ1v) is 8.91. The molecule has 0 spiro atoms. The molecule has 0 atom stereocenters. The number of nitrogens with zero attached hydrogens (tertiary/aromatic N) is 2. The first-order chi connectivity index (χ1) is 12.4. The van der Waals surface area contributed by atoms with Crippen LogP contribution in [0, 0.1) is 10.1 Å². The molecule has 2 heterocycles. The van der Waals surface area contributed by atoms with E-state index in [1.54, 1.807) is 24.3 Å².